The van der Waals surface area contributed by atoms with E-state index in [1.54, 1.807) is 6.07 Å². The molecule has 0 unspecified atom stereocenters. The fraction of sp³-hybridized carbons (Fsp3) is 0.143. The maximum Gasteiger partial charge on any atom is 0.251 e. The van der Waals surface area contributed by atoms with Crippen LogP contribution in [0.15, 0.2) is 47.5 Å². The third-order valence-corrected chi connectivity index (χ3v) is 2.84. The van der Waals surface area contributed by atoms with Crippen LogP contribution < -0.4 is 5.32 Å². The van der Waals surface area contributed by atoms with Gasteiger partial charge in [0.25, 0.3) is 5.91 Å². The molecule has 0 radical (unpaired) electrons. The van der Waals surface area contributed by atoms with Crippen LogP contribution in [0.1, 0.15) is 17.0 Å². The summed E-state index contributed by atoms with van der Waals surface area (Å²) in [6.07, 6.45) is 0. The van der Waals surface area contributed by atoms with Crippen molar-refractivity contribution in [2.45, 2.75) is 12.4 Å². The van der Waals surface area contributed by atoms with Crippen LogP contribution in [0, 0.1) is 0 Å². The minimum absolute atomic E-state index is 0.241. The number of amides is 1. The van der Waals surface area contributed by atoms with Gasteiger partial charge in [0.05, 0.1) is 18.1 Å². The van der Waals surface area contributed by atoms with Gasteiger partial charge in [0, 0.05) is 11.6 Å². The number of carbonyl (C=O) groups excluding carboxylic acids is 1. The van der Waals surface area contributed by atoms with E-state index >= 15 is 0 Å². The van der Waals surface area contributed by atoms with Crippen molar-refractivity contribution in [3.63, 3.8) is 0 Å². The number of nitrogens with one attached hydrogen (secondary N) is 1. The van der Waals surface area contributed by atoms with E-state index in [1.165, 1.54) is 0 Å². The summed E-state index contributed by atoms with van der Waals surface area (Å²) in [5.41, 5.74) is 1.85. The van der Waals surface area contributed by atoms with Crippen molar-refractivity contribution >= 4 is 23.1 Å². The SMILES string of the molecule is C=C(C(=O)NCc1cc(CCl)no1)c1ccccc1. The molecule has 0 atom stereocenters. The lowest BCUT2D eigenvalue weighted by Gasteiger charge is -2.05. The van der Waals surface area contributed by atoms with Gasteiger partial charge >= 0.3 is 0 Å². The molecule has 0 saturated carbocycles. The zero-order chi connectivity index (χ0) is 13.7. The van der Waals surface area contributed by atoms with E-state index in [0.717, 1.165) is 5.56 Å². The standard InChI is InChI=1S/C14H13ClN2O2/c1-10(11-5-3-2-4-6-11)14(18)16-9-13-7-12(8-15)17-19-13/h2-7H,1,8-9H2,(H,16,18). The summed E-state index contributed by atoms with van der Waals surface area (Å²) in [4.78, 5) is 11.9. The summed E-state index contributed by atoms with van der Waals surface area (Å²) in [5.74, 6) is 0.605. The van der Waals surface area contributed by atoms with Crippen LogP contribution >= 0.6 is 11.6 Å². The molecular weight excluding hydrogens is 264 g/mol. The summed E-state index contributed by atoms with van der Waals surface area (Å²) in [7, 11) is 0. The maximum absolute atomic E-state index is 11.9. The first-order valence-electron chi connectivity index (χ1n) is 5.73. The predicted octanol–water partition coefficient (Wildman–Crippen LogP) is 2.74. The number of nitrogens with zero attached hydrogens (tertiary/aromatic N) is 1. The van der Waals surface area contributed by atoms with E-state index in [-0.39, 0.29) is 18.3 Å². The fourth-order valence-electron chi connectivity index (χ4n) is 1.55. The molecule has 0 aliphatic carbocycles. The van der Waals surface area contributed by atoms with Crippen LogP contribution in [0.25, 0.3) is 5.57 Å². The van der Waals surface area contributed by atoms with Gasteiger partial charge in [-0.05, 0) is 5.56 Å². The molecule has 1 aromatic heterocycles. The molecule has 0 bridgehead atoms. The molecule has 98 valence electrons. The van der Waals surface area contributed by atoms with Gasteiger partial charge in [-0.3, -0.25) is 4.79 Å². The molecule has 0 fully saturated rings. The van der Waals surface area contributed by atoms with Crippen LogP contribution in [0.3, 0.4) is 0 Å². The molecule has 0 saturated heterocycles. The Morgan fingerprint density at radius 2 is 2.11 bits per heavy atom. The van der Waals surface area contributed by atoms with Crippen LogP contribution in [0.5, 0.6) is 0 Å². The number of carbonyl (C=O) groups is 1. The Morgan fingerprint density at radius 1 is 1.37 bits per heavy atom. The highest BCUT2D eigenvalue weighted by atomic mass is 35.5. The number of hydrogen-bond acceptors (Lipinski definition) is 3. The molecule has 5 heteroatoms. The Morgan fingerprint density at radius 3 is 2.74 bits per heavy atom. The zero-order valence-corrected chi connectivity index (χ0v) is 11.0. The first-order chi connectivity index (χ1) is 9.20. The van der Waals surface area contributed by atoms with Gasteiger partial charge < -0.3 is 9.84 Å². The van der Waals surface area contributed by atoms with Crippen LogP contribution in [0.4, 0.5) is 0 Å². The summed E-state index contributed by atoms with van der Waals surface area (Å²) < 4.78 is 5.01. The zero-order valence-electron chi connectivity index (χ0n) is 10.2. The van der Waals surface area contributed by atoms with E-state index in [4.69, 9.17) is 16.1 Å². The highest BCUT2D eigenvalue weighted by molar-refractivity contribution is 6.18. The largest absolute Gasteiger partial charge is 0.359 e. The number of benzene rings is 1. The van der Waals surface area contributed by atoms with Crippen molar-refractivity contribution in [2.75, 3.05) is 0 Å². The minimum atomic E-state index is -0.241. The van der Waals surface area contributed by atoms with Gasteiger partial charge in [-0.1, -0.05) is 42.1 Å². The second-order valence-corrected chi connectivity index (χ2v) is 4.21. The lowest BCUT2D eigenvalue weighted by Crippen LogP contribution is -2.23. The molecule has 19 heavy (non-hydrogen) atoms. The quantitative estimate of drug-likeness (QED) is 0.675. The second-order valence-electron chi connectivity index (χ2n) is 3.95. The lowest BCUT2D eigenvalue weighted by molar-refractivity contribution is -0.115. The number of hydrogen-bond donors (Lipinski definition) is 1. The van der Waals surface area contributed by atoms with E-state index in [1.807, 2.05) is 30.3 Å². The molecule has 1 heterocycles. The second kappa shape index (κ2) is 6.20. The summed E-state index contributed by atoms with van der Waals surface area (Å²) in [6, 6.07) is 11.0. The molecule has 0 aliphatic heterocycles. The fourth-order valence-corrected chi connectivity index (χ4v) is 1.67. The Hall–Kier alpha value is -2.07. The van der Waals surface area contributed by atoms with Gasteiger partial charge in [0.1, 0.15) is 0 Å². The van der Waals surface area contributed by atoms with Crippen molar-refractivity contribution in [1.82, 2.24) is 10.5 Å². The highest BCUT2D eigenvalue weighted by Crippen LogP contribution is 2.12. The van der Waals surface area contributed by atoms with Crippen molar-refractivity contribution in [1.29, 1.82) is 0 Å². The smallest absolute Gasteiger partial charge is 0.251 e. The Kier molecular flexibility index (Phi) is 4.36. The lowest BCUT2D eigenvalue weighted by atomic mass is 10.1. The molecular formula is C14H13ClN2O2. The van der Waals surface area contributed by atoms with E-state index < -0.39 is 0 Å². The predicted molar refractivity (Wildman–Crippen MR) is 73.4 cm³/mol. The van der Waals surface area contributed by atoms with Gasteiger partial charge in [-0.25, -0.2) is 0 Å². The average Bonchev–Trinajstić information content (AvgIpc) is 2.93. The average molecular weight is 277 g/mol. The van der Waals surface area contributed by atoms with Crippen LogP contribution in [-0.4, -0.2) is 11.1 Å². The number of alkyl halides is 1. The number of aromatic nitrogens is 1. The molecule has 1 amide bonds. The van der Waals surface area contributed by atoms with Crippen molar-refractivity contribution in [3.05, 3.63) is 60.0 Å². The maximum atomic E-state index is 11.9. The Labute approximate surface area is 116 Å². The van der Waals surface area contributed by atoms with Crippen molar-refractivity contribution < 1.29 is 9.32 Å². The van der Waals surface area contributed by atoms with E-state index in [0.29, 0.717) is 17.0 Å². The molecule has 0 aliphatic rings. The topological polar surface area (TPSA) is 55.1 Å². The molecule has 1 N–H and O–H groups in total. The van der Waals surface area contributed by atoms with Crippen molar-refractivity contribution in [2.24, 2.45) is 0 Å². The molecule has 2 rings (SSSR count). The highest BCUT2D eigenvalue weighted by Gasteiger charge is 2.10. The third kappa shape index (κ3) is 3.45. The van der Waals surface area contributed by atoms with Gasteiger partial charge in [0.2, 0.25) is 0 Å². The summed E-state index contributed by atoms with van der Waals surface area (Å²) in [6.45, 7) is 4.04. The van der Waals surface area contributed by atoms with Gasteiger partial charge in [-0.15, -0.1) is 11.6 Å². The normalized spacial score (nSPS) is 10.2. The van der Waals surface area contributed by atoms with E-state index in [2.05, 4.69) is 17.1 Å². The summed E-state index contributed by atoms with van der Waals surface area (Å²) in [5, 5.41) is 6.45. The summed E-state index contributed by atoms with van der Waals surface area (Å²) >= 11 is 5.61. The molecule has 0 spiro atoms. The van der Waals surface area contributed by atoms with Gasteiger partial charge in [0.15, 0.2) is 5.76 Å². The first kappa shape index (κ1) is 13.4. The minimum Gasteiger partial charge on any atom is -0.359 e. The third-order valence-electron chi connectivity index (χ3n) is 2.56. The number of halogens is 1. The first-order valence-corrected chi connectivity index (χ1v) is 6.27. The molecule has 2 aromatic rings. The monoisotopic (exact) mass is 276 g/mol. The Bertz CT molecular complexity index is 578. The van der Waals surface area contributed by atoms with Crippen molar-refractivity contribution in [3.8, 4) is 0 Å². The van der Waals surface area contributed by atoms with Crippen LogP contribution in [-0.2, 0) is 17.2 Å². The van der Waals surface area contributed by atoms with Crippen LogP contribution in [0.2, 0.25) is 0 Å². The Balaban J connectivity index is 1.93. The van der Waals surface area contributed by atoms with Gasteiger partial charge in [-0.2, -0.15) is 0 Å². The molecule has 1 aromatic carbocycles. The van der Waals surface area contributed by atoms with E-state index in [9.17, 15) is 4.79 Å². The molecule has 4 nitrogen and oxygen atoms in total. The number of rotatable bonds is 5.